The molecule has 0 fully saturated rings. The van der Waals surface area contributed by atoms with Crippen LogP contribution in [-0.4, -0.2) is 0 Å². The van der Waals surface area contributed by atoms with Crippen LogP contribution < -0.4 is 14.4 Å². The number of ether oxygens (including phenoxy) is 2. The van der Waals surface area contributed by atoms with Gasteiger partial charge in [-0.1, -0.05) is 194 Å². The van der Waals surface area contributed by atoms with E-state index in [2.05, 4.69) is 278 Å². The zero-order valence-electron chi connectivity index (χ0n) is 42.2. The largest absolute Gasteiger partial charge is 0.457 e. The van der Waals surface area contributed by atoms with Crippen LogP contribution >= 0.6 is 11.3 Å². The Kier molecular flexibility index (Phi) is 9.14. The van der Waals surface area contributed by atoms with Gasteiger partial charge in [-0.25, -0.2) is 0 Å². The van der Waals surface area contributed by atoms with Crippen molar-refractivity contribution in [3.63, 3.8) is 0 Å². The first-order valence-corrected chi connectivity index (χ1v) is 27.6. The maximum atomic E-state index is 6.73. The quantitative estimate of drug-likeness (QED) is 0.171. The minimum absolute atomic E-state index is 0.546. The Morgan fingerprint density at radius 3 is 1.17 bits per heavy atom. The van der Waals surface area contributed by atoms with Crippen LogP contribution in [0.5, 0.6) is 23.0 Å². The molecule has 12 aromatic carbocycles. The van der Waals surface area contributed by atoms with Crippen LogP contribution in [0, 0.1) is 0 Å². The summed E-state index contributed by atoms with van der Waals surface area (Å²) in [4.78, 5) is 2.43. The lowest BCUT2D eigenvalue weighted by Gasteiger charge is -2.39. The molecular weight excluding hydrogens is 967 g/mol. The van der Waals surface area contributed by atoms with Gasteiger partial charge in [0, 0.05) is 59.5 Å². The van der Waals surface area contributed by atoms with E-state index >= 15 is 0 Å². The molecule has 1 aromatic heterocycles. The minimum Gasteiger partial charge on any atom is -0.457 e. The molecule has 78 heavy (non-hydrogen) atoms. The van der Waals surface area contributed by atoms with Crippen LogP contribution in [0.15, 0.2) is 273 Å². The topological polar surface area (TPSA) is 21.7 Å². The second-order valence-electron chi connectivity index (χ2n) is 21.0. The van der Waals surface area contributed by atoms with E-state index in [4.69, 9.17) is 9.47 Å². The van der Waals surface area contributed by atoms with Crippen molar-refractivity contribution < 1.29 is 9.47 Å². The molecule has 0 radical (unpaired) electrons. The summed E-state index contributed by atoms with van der Waals surface area (Å²) < 4.78 is 16.0. The highest BCUT2D eigenvalue weighted by molar-refractivity contribution is 7.25. The Morgan fingerprint density at radius 1 is 0.256 bits per heavy atom. The number of benzene rings is 12. The number of para-hydroxylation sites is 4. The molecular formula is C74H45NO2S. The number of anilines is 3. The Hall–Kier alpha value is -9.74. The standard InChI is InChI=1S/C74H45NO2S/c1-4-18-59-53(15-1)55-40-33-48(43-65(55)73(59)61-20-6-10-24-67(61)76-68-25-11-7-21-62(68)73)46-29-35-50(36-30-46)75(51-37-31-47(32-38-51)49-34-41-58-57-17-3-14-28-71(57)78-72(58)44-49)52-39-42-56-54-16-2-5-19-60(54)74(66(56)45-52)63-22-8-12-26-69(63)77-70-27-13-9-23-64(70)74/h1-45H. The summed E-state index contributed by atoms with van der Waals surface area (Å²) in [6, 6.07) is 100. The Morgan fingerprint density at radius 2 is 0.628 bits per heavy atom. The van der Waals surface area contributed by atoms with Gasteiger partial charge in [0.05, 0.1) is 10.8 Å². The molecule has 0 amide bonds. The average molecular weight is 1010 g/mol. The first-order valence-electron chi connectivity index (χ1n) is 26.8. The summed E-state index contributed by atoms with van der Waals surface area (Å²) in [5.41, 5.74) is 21.4. The van der Waals surface area contributed by atoms with Gasteiger partial charge in [0.1, 0.15) is 23.0 Å². The Balaban J connectivity index is 0.829. The van der Waals surface area contributed by atoms with Gasteiger partial charge >= 0.3 is 0 Å². The number of hydrogen-bond donors (Lipinski definition) is 0. The van der Waals surface area contributed by atoms with Crippen LogP contribution in [0.2, 0.25) is 0 Å². The third-order valence-electron chi connectivity index (χ3n) is 17.2. The molecule has 4 aliphatic rings. The van der Waals surface area contributed by atoms with E-state index in [0.29, 0.717) is 0 Å². The van der Waals surface area contributed by atoms with Crippen LogP contribution in [0.3, 0.4) is 0 Å². The van der Waals surface area contributed by atoms with Crippen molar-refractivity contribution in [1.82, 2.24) is 0 Å². The van der Waals surface area contributed by atoms with E-state index in [1.807, 2.05) is 11.3 Å². The molecule has 17 rings (SSSR count). The van der Waals surface area contributed by atoms with E-state index in [1.54, 1.807) is 0 Å². The van der Waals surface area contributed by atoms with Gasteiger partial charge in [-0.15, -0.1) is 11.3 Å². The van der Waals surface area contributed by atoms with Crippen LogP contribution in [0.1, 0.15) is 44.5 Å². The summed E-state index contributed by atoms with van der Waals surface area (Å²) in [6.07, 6.45) is 0. The summed E-state index contributed by atoms with van der Waals surface area (Å²) >= 11 is 1.86. The van der Waals surface area contributed by atoms with E-state index in [-0.39, 0.29) is 0 Å². The maximum absolute atomic E-state index is 6.73. The third-order valence-corrected chi connectivity index (χ3v) is 18.4. The number of nitrogens with zero attached hydrogens (tertiary/aromatic N) is 1. The number of rotatable bonds is 5. The second kappa shape index (κ2) is 16.4. The fraction of sp³-hybridized carbons (Fsp3) is 0.0270. The number of thiophene rings is 1. The first kappa shape index (κ1) is 43.5. The summed E-state index contributed by atoms with van der Waals surface area (Å²) in [6.45, 7) is 0. The summed E-state index contributed by atoms with van der Waals surface area (Å²) in [5, 5.41) is 2.62. The van der Waals surface area contributed by atoms with Crippen molar-refractivity contribution in [2.75, 3.05) is 4.90 Å². The van der Waals surface area contributed by atoms with Crippen molar-refractivity contribution in [3.05, 3.63) is 317 Å². The van der Waals surface area contributed by atoms with Crippen molar-refractivity contribution in [2.45, 2.75) is 10.8 Å². The molecule has 2 spiro atoms. The summed E-state index contributed by atoms with van der Waals surface area (Å²) in [7, 11) is 0. The minimum atomic E-state index is -0.603. The van der Waals surface area contributed by atoms with Gasteiger partial charge in [0.25, 0.3) is 0 Å². The first-order chi connectivity index (χ1) is 38.6. The lowest BCUT2D eigenvalue weighted by Crippen LogP contribution is -2.32. The molecule has 4 heteroatoms. The lowest BCUT2D eigenvalue weighted by molar-refractivity contribution is 0.436. The predicted molar refractivity (Wildman–Crippen MR) is 320 cm³/mol. The zero-order chi connectivity index (χ0) is 51.1. The molecule has 0 unspecified atom stereocenters. The van der Waals surface area contributed by atoms with Crippen LogP contribution in [-0.2, 0) is 10.8 Å². The molecule has 364 valence electrons. The molecule has 0 saturated carbocycles. The monoisotopic (exact) mass is 1010 g/mol. The van der Waals surface area contributed by atoms with Gasteiger partial charge in [-0.2, -0.15) is 0 Å². The molecule has 0 saturated heterocycles. The van der Waals surface area contributed by atoms with Gasteiger partial charge in [0.15, 0.2) is 0 Å². The highest BCUT2D eigenvalue weighted by Gasteiger charge is 2.52. The van der Waals surface area contributed by atoms with E-state index < -0.39 is 10.8 Å². The molecule has 2 aliphatic heterocycles. The Labute approximate surface area is 456 Å². The van der Waals surface area contributed by atoms with Gasteiger partial charge in [0.2, 0.25) is 0 Å². The van der Waals surface area contributed by atoms with Crippen molar-refractivity contribution in [1.29, 1.82) is 0 Å². The summed E-state index contributed by atoms with van der Waals surface area (Å²) in [5.74, 6) is 3.55. The van der Waals surface area contributed by atoms with Gasteiger partial charge < -0.3 is 14.4 Å². The fourth-order valence-corrected chi connectivity index (χ4v) is 15.1. The lowest BCUT2D eigenvalue weighted by atomic mass is 9.66. The molecule has 0 atom stereocenters. The Bertz CT molecular complexity index is 4550. The van der Waals surface area contributed by atoms with Crippen molar-refractivity contribution >= 4 is 48.6 Å². The molecule has 3 nitrogen and oxygen atoms in total. The van der Waals surface area contributed by atoms with Crippen LogP contribution in [0.25, 0.3) is 64.7 Å². The maximum Gasteiger partial charge on any atom is 0.132 e. The van der Waals surface area contributed by atoms with Gasteiger partial charge in [-0.3, -0.25) is 0 Å². The zero-order valence-corrected chi connectivity index (χ0v) is 43.0. The predicted octanol–water partition coefficient (Wildman–Crippen LogP) is 19.8. The second-order valence-corrected chi connectivity index (χ2v) is 22.1. The van der Waals surface area contributed by atoms with E-state index in [0.717, 1.165) is 73.4 Å². The fourth-order valence-electron chi connectivity index (χ4n) is 14.0. The molecule has 3 heterocycles. The van der Waals surface area contributed by atoms with Crippen molar-refractivity contribution in [3.8, 4) is 67.5 Å². The SMILES string of the molecule is c1ccc2c(c1)Oc1ccccc1C21c2ccccc2-c2ccc(-c3ccc(N(c4ccc(-c5ccc6c(c5)sc5ccccc56)cc4)c4ccc5c(c4)C4(c6ccccc6Oc6ccccc64)c4ccccc4-5)cc3)cc21. The smallest absolute Gasteiger partial charge is 0.132 e. The normalized spacial score (nSPS) is 14.1. The van der Waals surface area contributed by atoms with Gasteiger partial charge in [-0.05, 0) is 146 Å². The third kappa shape index (κ3) is 5.92. The molecule has 13 aromatic rings. The van der Waals surface area contributed by atoms with Crippen LogP contribution in [0.4, 0.5) is 17.1 Å². The highest BCUT2D eigenvalue weighted by atomic mass is 32.1. The number of fused-ring (bicyclic) bond motifs is 21. The average Bonchev–Trinajstić information content (AvgIpc) is 4.26. The van der Waals surface area contributed by atoms with Crippen molar-refractivity contribution in [2.24, 2.45) is 0 Å². The van der Waals surface area contributed by atoms with E-state index in [1.165, 1.54) is 75.8 Å². The van der Waals surface area contributed by atoms with E-state index in [9.17, 15) is 0 Å². The molecule has 2 aliphatic carbocycles. The molecule has 0 bridgehead atoms. The highest BCUT2D eigenvalue weighted by Crippen LogP contribution is 2.64. The number of hydrogen-bond acceptors (Lipinski definition) is 4. The molecule has 0 N–H and O–H groups in total.